The summed E-state index contributed by atoms with van der Waals surface area (Å²) in [6.45, 7) is 3.95. The van der Waals surface area contributed by atoms with Gasteiger partial charge in [0.15, 0.2) is 0 Å². The van der Waals surface area contributed by atoms with Crippen molar-refractivity contribution < 1.29 is 10.1 Å². The van der Waals surface area contributed by atoms with Crippen molar-refractivity contribution in [3.63, 3.8) is 0 Å². The van der Waals surface area contributed by atoms with Gasteiger partial charge in [0, 0.05) is 6.04 Å². The van der Waals surface area contributed by atoms with Crippen molar-refractivity contribution in [1.82, 2.24) is 5.32 Å². The van der Waals surface area contributed by atoms with Crippen LogP contribution in [0.2, 0.25) is 0 Å². The Bertz CT molecular complexity index is 141. The first kappa shape index (κ1) is 9.55. The van der Waals surface area contributed by atoms with Gasteiger partial charge in [-0.2, -0.15) is 0 Å². The third-order valence-electron chi connectivity index (χ3n) is 2.31. The van der Waals surface area contributed by atoms with Crippen molar-refractivity contribution in [2.45, 2.75) is 38.1 Å². The molecule has 0 aromatic heterocycles. The van der Waals surface area contributed by atoms with Crippen LogP contribution in [0, 0.1) is 0 Å². The Morgan fingerprint density at radius 1 is 1.42 bits per heavy atom. The van der Waals surface area contributed by atoms with Crippen LogP contribution in [0.3, 0.4) is 0 Å². The Hall–Kier alpha value is -0.540. The van der Waals surface area contributed by atoms with Gasteiger partial charge < -0.3 is 15.5 Å². The SMILES string of the molecule is C=C(CNC1CCCCC1)O[O-]. The third-order valence-corrected chi connectivity index (χ3v) is 2.31. The molecule has 0 amide bonds. The first-order valence-electron chi connectivity index (χ1n) is 4.54. The van der Waals surface area contributed by atoms with E-state index in [2.05, 4.69) is 16.8 Å². The average molecular weight is 170 g/mol. The van der Waals surface area contributed by atoms with Gasteiger partial charge in [0.1, 0.15) is 0 Å². The largest absolute Gasteiger partial charge is 0.664 e. The topological polar surface area (TPSA) is 44.3 Å². The molecule has 0 unspecified atom stereocenters. The van der Waals surface area contributed by atoms with Crippen LogP contribution in [0.1, 0.15) is 32.1 Å². The van der Waals surface area contributed by atoms with Crippen molar-refractivity contribution in [2.75, 3.05) is 6.54 Å². The van der Waals surface area contributed by atoms with Gasteiger partial charge in [0.25, 0.3) is 0 Å². The average Bonchev–Trinajstić information content (AvgIpc) is 2.16. The van der Waals surface area contributed by atoms with E-state index in [1.54, 1.807) is 0 Å². The molecule has 1 N–H and O–H groups in total. The van der Waals surface area contributed by atoms with Crippen LogP contribution in [0.4, 0.5) is 0 Å². The van der Waals surface area contributed by atoms with Gasteiger partial charge in [-0.3, -0.25) is 0 Å². The lowest BCUT2D eigenvalue weighted by Gasteiger charge is -2.23. The molecule has 1 aliphatic carbocycles. The zero-order chi connectivity index (χ0) is 8.81. The fraction of sp³-hybridized carbons (Fsp3) is 0.778. The fourth-order valence-electron chi connectivity index (χ4n) is 1.59. The lowest BCUT2D eigenvalue weighted by molar-refractivity contribution is -0.671. The maximum absolute atomic E-state index is 9.86. The van der Waals surface area contributed by atoms with Crippen LogP contribution >= 0.6 is 0 Å². The van der Waals surface area contributed by atoms with E-state index >= 15 is 0 Å². The Morgan fingerprint density at radius 3 is 2.67 bits per heavy atom. The van der Waals surface area contributed by atoms with E-state index in [4.69, 9.17) is 0 Å². The molecule has 70 valence electrons. The standard InChI is InChI=1S/C9H17NO2/c1-8(12-11)7-10-9-5-3-2-4-6-9/h9-11H,1-7H2/p-1. The molecular weight excluding hydrogens is 154 g/mol. The highest BCUT2D eigenvalue weighted by Crippen LogP contribution is 2.17. The summed E-state index contributed by atoms with van der Waals surface area (Å²) in [6.07, 6.45) is 6.36. The third kappa shape index (κ3) is 3.24. The lowest BCUT2D eigenvalue weighted by Crippen LogP contribution is -2.33. The highest BCUT2D eigenvalue weighted by atomic mass is 17.1. The van der Waals surface area contributed by atoms with Gasteiger partial charge in [-0.15, -0.1) is 0 Å². The highest BCUT2D eigenvalue weighted by molar-refractivity contribution is 4.85. The van der Waals surface area contributed by atoms with E-state index in [0.29, 0.717) is 12.6 Å². The van der Waals surface area contributed by atoms with Crippen LogP contribution in [-0.4, -0.2) is 12.6 Å². The number of hydrogen-bond acceptors (Lipinski definition) is 3. The predicted octanol–water partition coefficient (Wildman–Crippen LogP) is 0.714. The normalized spacial score (nSPS) is 19.1. The van der Waals surface area contributed by atoms with E-state index in [1.807, 2.05) is 0 Å². The summed E-state index contributed by atoms with van der Waals surface area (Å²) in [6, 6.07) is 0.561. The van der Waals surface area contributed by atoms with Crippen molar-refractivity contribution in [3.8, 4) is 0 Å². The molecule has 3 heteroatoms. The second kappa shape index (κ2) is 5.17. The summed E-state index contributed by atoms with van der Waals surface area (Å²) in [5.41, 5.74) is 0. The quantitative estimate of drug-likeness (QED) is 0.384. The van der Waals surface area contributed by atoms with Gasteiger partial charge in [-0.05, 0) is 12.8 Å². The molecule has 0 aliphatic heterocycles. The van der Waals surface area contributed by atoms with Crippen molar-refractivity contribution >= 4 is 0 Å². The molecule has 0 spiro atoms. The molecule has 0 aromatic carbocycles. The molecule has 1 fully saturated rings. The van der Waals surface area contributed by atoms with Gasteiger partial charge >= 0.3 is 0 Å². The second-order valence-corrected chi connectivity index (χ2v) is 3.34. The minimum Gasteiger partial charge on any atom is -0.664 e. The number of nitrogens with one attached hydrogen (secondary N) is 1. The molecule has 0 heterocycles. The van der Waals surface area contributed by atoms with Crippen LogP contribution in [0.25, 0.3) is 0 Å². The molecule has 0 aromatic rings. The minimum absolute atomic E-state index is 0.278. The molecular formula is C9H16NO2-. The van der Waals surface area contributed by atoms with E-state index in [1.165, 1.54) is 32.1 Å². The molecule has 0 bridgehead atoms. The van der Waals surface area contributed by atoms with Crippen molar-refractivity contribution in [1.29, 1.82) is 0 Å². The van der Waals surface area contributed by atoms with E-state index in [0.717, 1.165) is 0 Å². The maximum atomic E-state index is 9.86. The summed E-state index contributed by atoms with van der Waals surface area (Å²) in [5.74, 6) is 0.278. The smallest absolute Gasteiger partial charge is 0.0937 e. The number of hydrogen-bond donors (Lipinski definition) is 1. The van der Waals surface area contributed by atoms with Gasteiger partial charge in [-0.25, -0.2) is 0 Å². The number of rotatable bonds is 4. The first-order valence-corrected chi connectivity index (χ1v) is 4.54. The Labute approximate surface area is 73.4 Å². The molecule has 12 heavy (non-hydrogen) atoms. The Balaban J connectivity index is 2.09. The van der Waals surface area contributed by atoms with Gasteiger partial charge in [-0.1, -0.05) is 25.8 Å². The van der Waals surface area contributed by atoms with Gasteiger partial charge in [0.2, 0.25) is 0 Å². The van der Waals surface area contributed by atoms with E-state index in [9.17, 15) is 5.26 Å². The summed E-state index contributed by atoms with van der Waals surface area (Å²) >= 11 is 0. The van der Waals surface area contributed by atoms with Crippen LogP contribution in [-0.2, 0) is 4.89 Å². The van der Waals surface area contributed by atoms with E-state index in [-0.39, 0.29) is 5.76 Å². The molecule has 1 rings (SSSR count). The zero-order valence-electron chi connectivity index (χ0n) is 7.34. The lowest BCUT2D eigenvalue weighted by atomic mass is 9.95. The monoisotopic (exact) mass is 170 g/mol. The molecule has 3 nitrogen and oxygen atoms in total. The molecule has 0 saturated heterocycles. The maximum Gasteiger partial charge on any atom is 0.0937 e. The summed E-state index contributed by atoms with van der Waals surface area (Å²) in [4.78, 5) is 3.73. The fourth-order valence-corrected chi connectivity index (χ4v) is 1.59. The first-order chi connectivity index (χ1) is 5.83. The minimum atomic E-state index is 0.278. The van der Waals surface area contributed by atoms with Gasteiger partial charge in [0.05, 0.1) is 12.3 Å². The predicted molar refractivity (Wildman–Crippen MR) is 45.1 cm³/mol. The van der Waals surface area contributed by atoms with Crippen LogP contribution < -0.4 is 10.6 Å². The van der Waals surface area contributed by atoms with Crippen LogP contribution in [0.5, 0.6) is 0 Å². The molecule has 0 atom stereocenters. The van der Waals surface area contributed by atoms with Crippen molar-refractivity contribution in [2.24, 2.45) is 0 Å². The Kier molecular flexibility index (Phi) is 4.11. The Morgan fingerprint density at radius 2 is 2.08 bits per heavy atom. The second-order valence-electron chi connectivity index (χ2n) is 3.34. The summed E-state index contributed by atoms with van der Waals surface area (Å²) in [7, 11) is 0. The van der Waals surface area contributed by atoms with E-state index < -0.39 is 0 Å². The molecule has 0 radical (unpaired) electrons. The molecule has 1 saturated carbocycles. The highest BCUT2D eigenvalue weighted by Gasteiger charge is 2.11. The van der Waals surface area contributed by atoms with Crippen LogP contribution in [0.15, 0.2) is 12.3 Å². The zero-order valence-corrected chi connectivity index (χ0v) is 7.34. The van der Waals surface area contributed by atoms with Crippen molar-refractivity contribution in [3.05, 3.63) is 12.3 Å². The summed E-state index contributed by atoms with van der Waals surface area (Å²) < 4.78 is 0. The molecule has 1 aliphatic rings. The summed E-state index contributed by atoms with van der Waals surface area (Å²) in [5, 5.41) is 13.1.